The number of guanidine groups is 1. The molecule has 14 amide bonds. The number of amides is 14. The van der Waals surface area contributed by atoms with Crippen LogP contribution in [-0.2, 0) is 71.9 Å². The molecule has 0 aliphatic carbocycles. The van der Waals surface area contributed by atoms with Gasteiger partial charge in [-0.25, -0.2) is 0 Å². The fraction of sp³-hybridized carbons (Fsp3) is 0.680. The lowest BCUT2D eigenvalue weighted by Crippen LogP contribution is -2.60. The molecule has 0 aliphatic rings. The van der Waals surface area contributed by atoms with Crippen molar-refractivity contribution in [1.82, 2.24) is 69.1 Å². The number of carbonyl (C=O) groups is 15. The summed E-state index contributed by atoms with van der Waals surface area (Å²) in [6.07, 6.45) is -1.33. The Morgan fingerprint density at radius 1 is 0.442 bits per heavy atom. The molecule has 0 heterocycles. The number of nitrogens with one attached hydrogen (secondary N) is 13. The van der Waals surface area contributed by atoms with Gasteiger partial charge < -0.3 is 107 Å². The third kappa shape index (κ3) is 33.5. The van der Waals surface area contributed by atoms with E-state index in [0.717, 1.165) is 0 Å². The Labute approximate surface area is 496 Å². The smallest absolute Gasteiger partial charge is 0.303 e. The zero-order valence-corrected chi connectivity index (χ0v) is 49.2. The van der Waals surface area contributed by atoms with E-state index in [1.54, 1.807) is 13.8 Å². The average molecular weight is 1230 g/mol. The lowest BCUT2D eigenvalue weighted by molar-refractivity contribution is -0.138. The van der Waals surface area contributed by atoms with E-state index in [1.807, 2.05) is 13.8 Å². The van der Waals surface area contributed by atoms with E-state index < -0.39 is 208 Å². The maximum absolute atomic E-state index is 13.7. The molecular formula is C50H88N18O18. The second kappa shape index (κ2) is 42.1. The van der Waals surface area contributed by atoms with Gasteiger partial charge in [-0.1, -0.05) is 41.0 Å². The molecule has 8 atom stereocenters. The highest BCUT2D eigenvalue weighted by Gasteiger charge is 2.34. The lowest BCUT2D eigenvalue weighted by Gasteiger charge is -2.27. The summed E-state index contributed by atoms with van der Waals surface area (Å²) in [6.45, 7) is 4.83. The van der Waals surface area contributed by atoms with Crippen molar-refractivity contribution >= 4 is 94.6 Å². The zero-order valence-electron chi connectivity index (χ0n) is 49.2. The first kappa shape index (κ1) is 77.2. The Bertz CT molecular complexity index is 2370. The van der Waals surface area contributed by atoms with Crippen LogP contribution in [0.3, 0.4) is 0 Å². The Morgan fingerprint density at radius 2 is 0.826 bits per heavy atom. The third-order valence-electron chi connectivity index (χ3n) is 11.9. The molecule has 0 spiro atoms. The van der Waals surface area contributed by atoms with Crippen molar-refractivity contribution < 1.29 is 87.2 Å². The number of carboxylic acids is 1. The maximum Gasteiger partial charge on any atom is 0.303 e. The number of nitrogens with zero attached hydrogens (tertiary/aromatic N) is 1. The van der Waals surface area contributed by atoms with Crippen LogP contribution >= 0.6 is 0 Å². The van der Waals surface area contributed by atoms with Crippen LogP contribution in [-0.4, -0.2) is 217 Å². The third-order valence-corrected chi connectivity index (χ3v) is 11.9. The van der Waals surface area contributed by atoms with E-state index in [-0.39, 0.29) is 50.7 Å². The van der Waals surface area contributed by atoms with Crippen molar-refractivity contribution in [3.05, 3.63) is 0 Å². The molecule has 0 saturated heterocycles. The predicted molar refractivity (Wildman–Crippen MR) is 304 cm³/mol. The average Bonchev–Trinajstić information content (AvgIpc) is 3.65. The van der Waals surface area contributed by atoms with Gasteiger partial charge in [-0.3, -0.25) is 76.9 Å². The van der Waals surface area contributed by atoms with E-state index in [4.69, 9.17) is 22.9 Å². The molecule has 36 nitrogen and oxygen atoms in total. The first-order valence-corrected chi connectivity index (χ1v) is 27.7. The van der Waals surface area contributed by atoms with Crippen LogP contribution in [0.4, 0.5) is 0 Å². The fourth-order valence-electron chi connectivity index (χ4n) is 7.45. The molecule has 0 aliphatic heterocycles. The standard InChI is InChI=1S/C50H88N18O18/c1-7-10-28(62-36(73)19-57-42(79)27(51)17-25(3)4)43(80)59-21-38(75)64-30(12-14-34(52)71)44(81)60-20-37(74)63-29(11-9-16-56-50(53)54)47(84)67-33(24-70)48(85)68-41(26(5)6)49(86)66-31(13-15-40(77)78)45(82)61-22-39(76)65-32(23-69)46(83)58-18-35(72)55-8-2/h25-33,41,69-70H,7-24,51H2,1-6H3,(H2,52,71)(H,55,72)(H,57,79)(H,58,83)(H,59,80)(H,60,81)(H,61,82)(H,62,73)(H,63,74)(H,64,75)(H,65,76)(H,66,86)(H,67,84)(H,68,85)(H,77,78)(H4,53,54,56). The number of primary amides is 1. The van der Waals surface area contributed by atoms with Crippen molar-refractivity contribution in [2.24, 2.45) is 39.8 Å². The molecule has 0 bridgehead atoms. The number of hydrogen-bond acceptors (Lipinski definition) is 19. The molecule has 0 fully saturated rings. The van der Waals surface area contributed by atoms with Gasteiger partial charge in [0.25, 0.3) is 0 Å². The zero-order chi connectivity index (χ0) is 65.6. The topological polar surface area (TPSA) is 590 Å². The van der Waals surface area contributed by atoms with Gasteiger partial charge in [0.05, 0.1) is 52.0 Å². The van der Waals surface area contributed by atoms with E-state index in [2.05, 4.69) is 74.1 Å². The summed E-state index contributed by atoms with van der Waals surface area (Å²) >= 11 is 0. The number of hydrogen-bond donors (Lipinski definition) is 20. The summed E-state index contributed by atoms with van der Waals surface area (Å²) in [6, 6.07) is -11.6. The van der Waals surface area contributed by atoms with E-state index >= 15 is 0 Å². The van der Waals surface area contributed by atoms with Gasteiger partial charge in [0.1, 0.15) is 42.3 Å². The summed E-state index contributed by atoms with van der Waals surface area (Å²) in [4.78, 5) is 196. The highest BCUT2D eigenvalue weighted by atomic mass is 16.4. The lowest BCUT2D eigenvalue weighted by atomic mass is 10.0. The molecule has 24 N–H and O–H groups in total. The summed E-state index contributed by atoms with van der Waals surface area (Å²) < 4.78 is 0. The van der Waals surface area contributed by atoms with Gasteiger partial charge in [-0.15, -0.1) is 0 Å². The van der Waals surface area contributed by atoms with Crippen LogP contribution in [0.5, 0.6) is 0 Å². The fourth-order valence-corrected chi connectivity index (χ4v) is 7.45. The Balaban J connectivity index is 6.06. The van der Waals surface area contributed by atoms with Crippen LogP contribution in [0.25, 0.3) is 0 Å². The summed E-state index contributed by atoms with van der Waals surface area (Å²) in [5.41, 5.74) is 21.9. The van der Waals surface area contributed by atoms with Gasteiger partial charge in [0.2, 0.25) is 82.7 Å². The van der Waals surface area contributed by atoms with Gasteiger partial charge in [0.15, 0.2) is 5.96 Å². The van der Waals surface area contributed by atoms with Crippen LogP contribution < -0.4 is 92.1 Å². The number of aliphatic hydroxyl groups excluding tert-OH is 2. The Kier molecular flexibility index (Phi) is 37.8. The van der Waals surface area contributed by atoms with Gasteiger partial charge in [0, 0.05) is 25.9 Å². The minimum absolute atomic E-state index is 0.0194. The SMILES string of the molecule is CCCC(NC(=O)CNC(=O)C(N)CC(C)C)C(=O)NCC(=O)NC(CCC(N)=O)C(=O)NCC(=O)NC(CCCN=C(N)N)C(=O)NC(CO)C(=O)NC(C(=O)NC(CCC(=O)O)C(=O)NCC(=O)NC(CO)C(=O)NCC(=O)NCC)C(C)C. The number of nitrogens with two attached hydrogens (primary N) is 4. The number of aliphatic hydroxyl groups is 2. The highest BCUT2D eigenvalue weighted by Crippen LogP contribution is 2.08. The molecule has 0 aromatic heterocycles. The minimum Gasteiger partial charge on any atom is -0.481 e. The predicted octanol–water partition coefficient (Wildman–Crippen LogP) is -9.90. The molecule has 0 aromatic rings. The van der Waals surface area contributed by atoms with Crippen molar-refractivity contribution in [2.45, 2.75) is 148 Å². The van der Waals surface area contributed by atoms with Crippen molar-refractivity contribution in [3.63, 3.8) is 0 Å². The molecule has 8 unspecified atom stereocenters. The number of aliphatic carboxylic acids is 1. The molecule has 486 valence electrons. The van der Waals surface area contributed by atoms with Crippen molar-refractivity contribution in [3.8, 4) is 0 Å². The molecule has 0 radical (unpaired) electrons. The molecular weight excluding hydrogens is 1140 g/mol. The van der Waals surface area contributed by atoms with Gasteiger partial charge in [-0.05, 0) is 57.3 Å². The maximum atomic E-state index is 13.7. The van der Waals surface area contributed by atoms with Crippen LogP contribution in [0, 0.1) is 11.8 Å². The Morgan fingerprint density at radius 3 is 1.24 bits per heavy atom. The van der Waals surface area contributed by atoms with E-state index in [0.29, 0.717) is 12.8 Å². The Hall–Kier alpha value is -8.80. The quantitative estimate of drug-likeness (QED) is 0.0153. The van der Waals surface area contributed by atoms with Crippen LogP contribution in [0.1, 0.15) is 99.3 Å². The normalized spacial score (nSPS) is 13.6. The second-order valence-corrected chi connectivity index (χ2v) is 20.2. The first-order valence-electron chi connectivity index (χ1n) is 27.7. The highest BCUT2D eigenvalue weighted by molar-refractivity contribution is 5.98. The summed E-state index contributed by atoms with van der Waals surface area (Å²) in [7, 11) is 0. The number of carbonyl (C=O) groups excluding carboxylic acids is 14. The first-order chi connectivity index (χ1) is 40.4. The monoisotopic (exact) mass is 1230 g/mol. The summed E-state index contributed by atoms with van der Waals surface area (Å²) in [5.74, 6) is -15.2. The van der Waals surface area contributed by atoms with Gasteiger partial charge >= 0.3 is 5.97 Å². The van der Waals surface area contributed by atoms with Gasteiger partial charge in [-0.2, -0.15) is 0 Å². The number of aliphatic imine (C=N–C) groups is 1. The van der Waals surface area contributed by atoms with Crippen molar-refractivity contribution in [2.75, 3.05) is 59.0 Å². The number of likely N-dealkylation sites (N-methyl/N-ethyl adjacent to an activating group) is 1. The molecule has 0 saturated carbocycles. The van der Waals surface area contributed by atoms with Crippen LogP contribution in [0.15, 0.2) is 4.99 Å². The molecule has 36 heteroatoms. The molecule has 86 heavy (non-hydrogen) atoms. The second-order valence-electron chi connectivity index (χ2n) is 20.2. The van der Waals surface area contributed by atoms with Crippen LogP contribution in [0.2, 0.25) is 0 Å². The molecule has 0 aromatic carbocycles. The largest absolute Gasteiger partial charge is 0.481 e. The molecule has 0 rings (SSSR count). The van der Waals surface area contributed by atoms with E-state index in [1.165, 1.54) is 13.8 Å². The minimum atomic E-state index is -1.83. The van der Waals surface area contributed by atoms with E-state index in [9.17, 15) is 87.2 Å². The van der Waals surface area contributed by atoms with Crippen molar-refractivity contribution in [1.29, 1.82) is 0 Å². The number of rotatable bonds is 43. The number of carboxylic acid groups (broad SMARTS) is 1. The summed E-state index contributed by atoms with van der Waals surface area (Å²) in [5, 5.41) is 59.3.